The second kappa shape index (κ2) is 9.53. The van der Waals surface area contributed by atoms with Crippen molar-refractivity contribution in [3.05, 3.63) is 53.6 Å². The number of imidazole rings is 1. The Bertz CT molecular complexity index is 1420. The van der Waals surface area contributed by atoms with E-state index in [0.29, 0.717) is 30.8 Å². The predicted octanol–water partition coefficient (Wildman–Crippen LogP) is 1.42. The first-order chi connectivity index (χ1) is 16.2. The standard InChI is InChI=1S/C23H26N4O6S/c1-15(8-10-28)27-20-7-6-17(26-9-11-33-14-21(26)29)13-19(20)24-23(27)25-22(30)16-4-3-5-18(12-16)34(2,31)32/h3-7,12-13,15,28H,8-11,14H2,1-2H3,(H,24,25,30). The van der Waals surface area contributed by atoms with Gasteiger partial charge in [-0.25, -0.2) is 8.42 Å². The molecule has 10 nitrogen and oxygen atoms in total. The lowest BCUT2D eigenvalue weighted by Gasteiger charge is -2.26. The number of aromatic nitrogens is 2. The van der Waals surface area contributed by atoms with Crippen molar-refractivity contribution in [1.82, 2.24) is 9.55 Å². The first-order valence-electron chi connectivity index (χ1n) is 10.8. The first kappa shape index (κ1) is 23.9. The number of aromatic amines is 1. The summed E-state index contributed by atoms with van der Waals surface area (Å²) in [6.45, 7) is 2.77. The zero-order chi connectivity index (χ0) is 24.5. The molecule has 0 bridgehead atoms. The van der Waals surface area contributed by atoms with E-state index in [1.165, 1.54) is 24.3 Å². The third kappa shape index (κ3) is 4.81. The van der Waals surface area contributed by atoms with E-state index in [9.17, 15) is 23.1 Å². The van der Waals surface area contributed by atoms with Crippen LogP contribution in [0.5, 0.6) is 0 Å². The number of benzene rings is 2. The van der Waals surface area contributed by atoms with Crippen molar-refractivity contribution in [3.8, 4) is 0 Å². The lowest BCUT2D eigenvalue weighted by molar-refractivity contribution is -0.125. The second-order valence-corrected chi connectivity index (χ2v) is 10.2. The minimum absolute atomic E-state index is 0.0257. The van der Waals surface area contributed by atoms with Gasteiger partial charge in [0.05, 0.1) is 22.5 Å². The number of ether oxygens (including phenoxy) is 1. The van der Waals surface area contributed by atoms with Gasteiger partial charge in [0, 0.05) is 36.7 Å². The highest BCUT2D eigenvalue weighted by Crippen LogP contribution is 2.24. The van der Waals surface area contributed by atoms with Crippen LogP contribution in [0.15, 0.2) is 52.4 Å². The normalized spacial score (nSPS) is 16.3. The van der Waals surface area contributed by atoms with Crippen LogP contribution in [0.2, 0.25) is 0 Å². The molecule has 180 valence electrons. The fourth-order valence-corrected chi connectivity index (χ4v) is 4.62. The average Bonchev–Trinajstić information content (AvgIpc) is 3.16. The molecule has 1 atom stereocenters. The van der Waals surface area contributed by atoms with E-state index in [-0.39, 0.29) is 41.2 Å². The van der Waals surface area contributed by atoms with Gasteiger partial charge in [-0.1, -0.05) is 6.07 Å². The van der Waals surface area contributed by atoms with Crippen LogP contribution in [0.25, 0.3) is 11.0 Å². The summed E-state index contributed by atoms with van der Waals surface area (Å²) in [5, 5.41) is 9.47. The average molecular weight is 487 g/mol. The number of aliphatic hydroxyl groups is 1. The molecular formula is C23H26N4O6S. The molecular weight excluding hydrogens is 460 g/mol. The number of fused-ring (bicyclic) bond motifs is 1. The summed E-state index contributed by atoms with van der Waals surface area (Å²) in [4.78, 5) is 34.3. The molecule has 1 aliphatic rings. The van der Waals surface area contributed by atoms with Crippen molar-refractivity contribution in [2.45, 2.75) is 24.3 Å². The van der Waals surface area contributed by atoms with Gasteiger partial charge in [0.15, 0.2) is 9.84 Å². The minimum Gasteiger partial charge on any atom is -0.396 e. The monoisotopic (exact) mass is 486 g/mol. The number of rotatable bonds is 6. The third-order valence-corrected chi connectivity index (χ3v) is 6.83. The molecule has 1 unspecified atom stereocenters. The zero-order valence-corrected chi connectivity index (χ0v) is 19.7. The van der Waals surface area contributed by atoms with Crippen LogP contribution >= 0.6 is 0 Å². The van der Waals surface area contributed by atoms with Gasteiger partial charge in [0.25, 0.3) is 11.8 Å². The van der Waals surface area contributed by atoms with Gasteiger partial charge in [-0.3, -0.25) is 9.59 Å². The van der Waals surface area contributed by atoms with E-state index < -0.39 is 15.7 Å². The maximum absolute atomic E-state index is 12.9. The van der Waals surface area contributed by atoms with Crippen molar-refractivity contribution >= 4 is 38.4 Å². The molecule has 0 radical (unpaired) electrons. The third-order valence-electron chi connectivity index (χ3n) is 5.72. The first-order valence-corrected chi connectivity index (χ1v) is 12.7. The van der Waals surface area contributed by atoms with Crippen LogP contribution in [0.4, 0.5) is 5.69 Å². The number of nitrogens with zero attached hydrogens (tertiary/aromatic N) is 3. The quantitative estimate of drug-likeness (QED) is 0.541. The Morgan fingerprint density at radius 3 is 2.76 bits per heavy atom. The molecule has 1 fully saturated rings. The van der Waals surface area contributed by atoms with Gasteiger partial charge in [0.2, 0.25) is 5.62 Å². The zero-order valence-electron chi connectivity index (χ0n) is 18.9. The topological polar surface area (TPSA) is 134 Å². The SMILES string of the molecule is CC(CCO)n1c(=NC(=O)c2cccc(S(C)(=O)=O)c2)[nH]c2cc(N3CCOCC3=O)ccc21. The van der Waals surface area contributed by atoms with Crippen LogP contribution in [-0.2, 0) is 19.4 Å². The molecule has 2 N–H and O–H groups in total. The molecule has 3 aromatic rings. The molecule has 1 saturated heterocycles. The molecule has 0 spiro atoms. The number of anilines is 1. The molecule has 1 aliphatic heterocycles. The van der Waals surface area contributed by atoms with Crippen LogP contribution < -0.4 is 10.5 Å². The number of amides is 2. The Hall–Kier alpha value is -3.28. The van der Waals surface area contributed by atoms with E-state index in [0.717, 1.165) is 11.8 Å². The van der Waals surface area contributed by atoms with Gasteiger partial charge in [0.1, 0.15) is 6.61 Å². The molecule has 11 heteroatoms. The lowest BCUT2D eigenvalue weighted by atomic mass is 10.2. The number of carbonyl (C=O) groups is 2. The number of nitrogens with one attached hydrogen (secondary N) is 1. The van der Waals surface area contributed by atoms with E-state index in [2.05, 4.69) is 9.98 Å². The van der Waals surface area contributed by atoms with Crippen LogP contribution in [-0.4, -0.2) is 67.5 Å². The number of hydrogen-bond donors (Lipinski definition) is 2. The number of morpholine rings is 1. The maximum atomic E-state index is 12.9. The Morgan fingerprint density at radius 2 is 2.06 bits per heavy atom. The highest BCUT2D eigenvalue weighted by molar-refractivity contribution is 7.90. The van der Waals surface area contributed by atoms with Crippen molar-refractivity contribution < 1.29 is 27.9 Å². The van der Waals surface area contributed by atoms with Crippen molar-refractivity contribution in [2.24, 2.45) is 4.99 Å². The fourth-order valence-electron chi connectivity index (χ4n) is 3.95. The smallest absolute Gasteiger partial charge is 0.280 e. The highest BCUT2D eigenvalue weighted by Gasteiger charge is 2.22. The van der Waals surface area contributed by atoms with Crippen molar-refractivity contribution in [1.29, 1.82) is 0 Å². The van der Waals surface area contributed by atoms with E-state index in [1.54, 1.807) is 4.90 Å². The number of H-pyrrole nitrogens is 1. The summed E-state index contributed by atoms with van der Waals surface area (Å²) in [6, 6.07) is 11.0. The van der Waals surface area contributed by atoms with E-state index >= 15 is 0 Å². The van der Waals surface area contributed by atoms with Gasteiger partial charge >= 0.3 is 0 Å². The van der Waals surface area contributed by atoms with Gasteiger partial charge in [-0.15, -0.1) is 0 Å². The molecule has 2 amide bonds. The highest BCUT2D eigenvalue weighted by atomic mass is 32.2. The Balaban J connectivity index is 1.82. The Kier molecular flexibility index (Phi) is 6.69. The molecule has 34 heavy (non-hydrogen) atoms. The Morgan fingerprint density at radius 1 is 1.26 bits per heavy atom. The van der Waals surface area contributed by atoms with E-state index in [1.807, 2.05) is 29.7 Å². The largest absolute Gasteiger partial charge is 0.396 e. The molecule has 2 aromatic carbocycles. The van der Waals surface area contributed by atoms with E-state index in [4.69, 9.17) is 4.74 Å². The number of sulfone groups is 1. The summed E-state index contributed by atoms with van der Waals surface area (Å²) >= 11 is 0. The fraction of sp³-hybridized carbons (Fsp3) is 0.348. The summed E-state index contributed by atoms with van der Waals surface area (Å²) < 4.78 is 30.8. The second-order valence-electron chi connectivity index (χ2n) is 8.20. The van der Waals surface area contributed by atoms with Crippen LogP contribution in [0.1, 0.15) is 29.7 Å². The summed E-state index contributed by atoms with van der Waals surface area (Å²) in [5.74, 6) is -0.741. The maximum Gasteiger partial charge on any atom is 0.280 e. The summed E-state index contributed by atoms with van der Waals surface area (Å²) in [5.41, 5.74) is 2.52. The molecule has 4 rings (SSSR count). The minimum atomic E-state index is -3.48. The summed E-state index contributed by atoms with van der Waals surface area (Å²) in [7, 11) is -3.48. The number of carbonyl (C=O) groups excluding carboxylic acids is 2. The van der Waals surface area contributed by atoms with Crippen LogP contribution in [0, 0.1) is 0 Å². The van der Waals surface area contributed by atoms with Gasteiger partial charge in [-0.2, -0.15) is 4.99 Å². The predicted molar refractivity (Wildman–Crippen MR) is 125 cm³/mol. The Labute approximate surface area is 196 Å². The lowest BCUT2D eigenvalue weighted by Crippen LogP contribution is -2.41. The number of aliphatic hydroxyl groups excluding tert-OH is 1. The van der Waals surface area contributed by atoms with Gasteiger partial charge in [-0.05, 0) is 49.7 Å². The summed E-state index contributed by atoms with van der Waals surface area (Å²) in [6.07, 6.45) is 1.51. The molecule has 0 saturated carbocycles. The molecule has 0 aliphatic carbocycles. The molecule has 1 aromatic heterocycles. The van der Waals surface area contributed by atoms with Crippen molar-refractivity contribution in [3.63, 3.8) is 0 Å². The number of hydrogen-bond acceptors (Lipinski definition) is 6. The van der Waals surface area contributed by atoms with Gasteiger partial charge < -0.3 is 24.3 Å². The molecule has 2 heterocycles. The van der Waals surface area contributed by atoms with Crippen LogP contribution in [0.3, 0.4) is 0 Å². The van der Waals surface area contributed by atoms with Crippen molar-refractivity contribution in [2.75, 3.05) is 37.5 Å².